The summed E-state index contributed by atoms with van der Waals surface area (Å²) in [4.78, 5) is 2.43. The predicted molar refractivity (Wildman–Crippen MR) is 284 cm³/mol. The molecular formula is C64H43NS. The summed E-state index contributed by atoms with van der Waals surface area (Å²) in [6.07, 6.45) is 0. The first-order chi connectivity index (χ1) is 32.7. The van der Waals surface area contributed by atoms with Crippen LogP contribution in [0.5, 0.6) is 0 Å². The van der Waals surface area contributed by atoms with Crippen molar-refractivity contribution in [2.24, 2.45) is 0 Å². The normalized spacial score (nSPS) is 11.3. The van der Waals surface area contributed by atoms with E-state index in [1.807, 2.05) is 11.3 Å². The van der Waals surface area contributed by atoms with Crippen LogP contribution in [0.2, 0.25) is 0 Å². The molecule has 0 N–H and O–H groups in total. The lowest BCUT2D eigenvalue weighted by Crippen LogP contribution is -2.11. The first kappa shape index (κ1) is 39.3. The number of nitrogens with zero attached hydrogens (tertiary/aromatic N) is 1. The molecule has 1 nitrogen and oxygen atoms in total. The van der Waals surface area contributed by atoms with Crippen molar-refractivity contribution in [2.75, 3.05) is 4.90 Å². The number of benzene rings is 11. The van der Waals surface area contributed by atoms with E-state index in [2.05, 4.69) is 266 Å². The van der Waals surface area contributed by atoms with E-state index in [-0.39, 0.29) is 0 Å². The molecule has 66 heavy (non-hydrogen) atoms. The third-order valence-electron chi connectivity index (χ3n) is 12.9. The molecule has 0 aliphatic rings. The van der Waals surface area contributed by atoms with Crippen molar-refractivity contribution in [2.45, 2.75) is 0 Å². The van der Waals surface area contributed by atoms with Gasteiger partial charge in [-0.1, -0.05) is 218 Å². The van der Waals surface area contributed by atoms with Crippen LogP contribution in [0.1, 0.15) is 0 Å². The summed E-state index contributed by atoms with van der Waals surface area (Å²) < 4.78 is 2.64. The van der Waals surface area contributed by atoms with E-state index >= 15 is 0 Å². The highest BCUT2D eigenvalue weighted by Gasteiger charge is 2.21. The van der Waals surface area contributed by atoms with Gasteiger partial charge in [0.15, 0.2) is 0 Å². The van der Waals surface area contributed by atoms with Crippen molar-refractivity contribution in [3.63, 3.8) is 0 Å². The van der Waals surface area contributed by atoms with Crippen molar-refractivity contribution >= 4 is 59.3 Å². The fourth-order valence-electron chi connectivity index (χ4n) is 9.76. The monoisotopic (exact) mass is 857 g/mol. The largest absolute Gasteiger partial charge is 0.310 e. The maximum absolute atomic E-state index is 2.43. The summed E-state index contributed by atoms with van der Waals surface area (Å²) in [6.45, 7) is 0. The third-order valence-corrected chi connectivity index (χ3v) is 14.1. The molecule has 310 valence electrons. The Morgan fingerprint density at radius 3 is 1.45 bits per heavy atom. The van der Waals surface area contributed by atoms with Gasteiger partial charge in [0.1, 0.15) is 0 Å². The lowest BCUT2D eigenvalue weighted by Gasteiger charge is -2.29. The SMILES string of the molecule is c1ccc(-c2ccc(-c3ccc(N(c4ccc(-c5cccc6c5sc5ccccc56)cc4)c4ccccc4-c4cccc5cccc(-c6ccccc6)c45)cc3)cc2-c2ccccc2)cc1. The Morgan fingerprint density at radius 1 is 0.273 bits per heavy atom. The van der Waals surface area contributed by atoms with Crippen molar-refractivity contribution in [3.05, 3.63) is 261 Å². The van der Waals surface area contributed by atoms with Crippen LogP contribution < -0.4 is 4.90 Å². The average Bonchev–Trinajstić information content (AvgIpc) is 3.79. The van der Waals surface area contributed by atoms with Gasteiger partial charge < -0.3 is 4.90 Å². The maximum atomic E-state index is 2.43. The minimum Gasteiger partial charge on any atom is -0.310 e. The van der Waals surface area contributed by atoms with E-state index in [0.29, 0.717) is 0 Å². The summed E-state index contributed by atoms with van der Waals surface area (Å²) in [5.41, 5.74) is 17.7. The molecule has 0 aliphatic carbocycles. The molecule has 12 rings (SSSR count). The molecule has 1 aromatic heterocycles. The molecule has 0 atom stereocenters. The van der Waals surface area contributed by atoms with E-state index in [1.54, 1.807) is 0 Å². The summed E-state index contributed by atoms with van der Waals surface area (Å²) >= 11 is 1.88. The van der Waals surface area contributed by atoms with Gasteiger partial charge in [0.05, 0.1) is 5.69 Å². The molecule has 11 aromatic carbocycles. The molecule has 0 aliphatic heterocycles. The van der Waals surface area contributed by atoms with Gasteiger partial charge in [-0.2, -0.15) is 0 Å². The number of thiophene rings is 1. The lowest BCUT2D eigenvalue weighted by molar-refractivity contribution is 1.28. The van der Waals surface area contributed by atoms with E-state index in [9.17, 15) is 0 Å². The predicted octanol–water partition coefficient (Wildman–Crippen LogP) is 18.7. The van der Waals surface area contributed by atoms with Crippen molar-refractivity contribution in [1.29, 1.82) is 0 Å². The smallest absolute Gasteiger partial charge is 0.0540 e. The Bertz CT molecular complexity index is 3660. The Labute approximate surface area is 389 Å². The van der Waals surface area contributed by atoms with Crippen LogP contribution in [0.15, 0.2) is 261 Å². The second kappa shape index (κ2) is 17.0. The Hall–Kier alpha value is -8.30. The lowest BCUT2D eigenvalue weighted by atomic mass is 9.90. The van der Waals surface area contributed by atoms with Crippen LogP contribution in [0.4, 0.5) is 17.1 Å². The van der Waals surface area contributed by atoms with E-state index < -0.39 is 0 Å². The van der Waals surface area contributed by atoms with Crippen LogP contribution in [0.3, 0.4) is 0 Å². The van der Waals surface area contributed by atoms with E-state index in [1.165, 1.54) is 92.1 Å². The Kier molecular flexibility index (Phi) is 10.1. The Balaban J connectivity index is 1.01. The highest BCUT2D eigenvalue weighted by atomic mass is 32.1. The maximum Gasteiger partial charge on any atom is 0.0540 e. The first-order valence-corrected chi connectivity index (χ1v) is 23.4. The van der Waals surface area contributed by atoms with Gasteiger partial charge in [0, 0.05) is 37.1 Å². The van der Waals surface area contributed by atoms with Gasteiger partial charge in [-0.3, -0.25) is 0 Å². The summed E-state index contributed by atoms with van der Waals surface area (Å²) in [5.74, 6) is 0. The quantitative estimate of drug-likeness (QED) is 0.140. The highest BCUT2D eigenvalue weighted by Crippen LogP contribution is 2.46. The van der Waals surface area contributed by atoms with E-state index in [4.69, 9.17) is 0 Å². The van der Waals surface area contributed by atoms with Crippen molar-refractivity contribution < 1.29 is 0 Å². The van der Waals surface area contributed by atoms with Gasteiger partial charge in [-0.25, -0.2) is 0 Å². The van der Waals surface area contributed by atoms with Crippen LogP contribution in [0.25, 0.3) is 97.7 Å². The van der Waals surface area contributed by atoms with Crippen molar-refractivity contribution in [1.82, 2.24) is 0 Å². The van der Waals surface area contributed by atoms with Crippen LogP contribution in [-0.4, -0.2) is 0 Å². The molecule has 1 heterocycles. The first-order valence-electron chi connectivity index (χ1n) is 22.6. The second-order valence-electron chi connectivity index (χ2n) is 16.8. The van der Waals surface area contributed by atoms with Crippen LogP contribution in [-0.2, 0) is 0 Å². The number of fused-ring (bicyclic) bond motifs is 4. The number of anilines is 3. The van der Waals surface area contributed by atoms with Gasteiger partial charge in [0.2, 0.25) is 0 Å². The minimum absolute atomic E-state index is 1.08. The zero-order valence-electron chi connectivity index (χ0n) is 36.2. The molecule has 2 heteroatoms. The molecule has 0 saturated heterocycles. The molecule has 0 spiro atoms. The van der Waals surface area contributed by atoms with Gasteiger partial charge in [-0.05, 0) is 114 Å². The Morgan fingerprint density at radius 2 is 0.758 bits per heavy atom. The number of hydrogen-bond donors (Lipinski definition) is 0. The number of para-hydroxylation sites is 1. The highest BCUT2D eigenvalue weighted by molar-refractivity contribution is 7.26. The number of hydrogen-bond acceptors (Lipinski definition) is 2. The fraction of sp³-hybridized carbons (Fsp3) is 0. The molecule has 0 amide bonds. The average molecular weight is 858 g/mol. The molecule has 0 unspecified atom stereocenters. The van der Waals surface area contributed by atoms with Crippen LogP contribution in [0, 0.1) is 0 Å². The summed E-state index contributed by atoms with van der Waals surface area (Å²) in [5, 5.41) is 5.08. The van der Waals surface area contributed by atoms with Crippen molar-refractivity contribution in [3.8, 4) is 66.8 Å². The summed E-state index contributed by atoms with van der Waals surface area (Å²) in [6, 6.07) is 95.1. The number of rotatable bonds is 9. The molecule has 0 bridgehead atoms. The molecular weight excluding hydrogens is 815 g/mol. The zero-order chi connectivity index (χ0) is 43.8. The standard InChI is InChI=1S/C64H43NS/c1-4-17-45(18-5-1)53-42-37-50(43-60(53)47-21-8-3-9-22-47)44-33-38-51(39-34-44)65(52-40-35-48(36-41-52)55-28-16-30-59-57-26-11-13-32-62(57)66-64(55)59)61-31-12-10-25-56(61)58-29-15-24-49-23-14-27-54(63(49)58)46-19-6-2-7-20-46/h1-43H. The fourth-order valence-corrected chi connectivity index (χ4v) is 11.0. The van der Waals surface area contributed by atoms with E-state index in [0.717, 1.165) is 22.6 Å². The molecule has 0 fully saturated rings. The molecule has 0 radical (unpaired) electrons. The second-order valence-corrected chi connectivity index (χ2v) is 17.8. The molecule has 12 aromatic rings. The third kappa shape index (κ3) is 7.15. The van der Waals surface area contributed by atoms with Gasteiger partial charge >= 0.3 is 0 Å². The topological polar surface area (TPSA) is 3.24 Å². The zero-order valence-corrected chi connectivity index (χ0v) is 37.0. The minimum atomic E-state index is 1.08. The van der Waals surface area contributed by atoms with Crippen LogP contribution >= 0.6 is 11.3 Å². The van der Waals surface area contributed by atoms with Gasteiger partial charge in [-0.15, -0.1) is 11.3 Å². The van der Waals surface area contributed by atoms with Gasteiger partial charge in [0.25, 0.3) is 0 Å². The summed E-state index contributed by atoms with van der Waals surface area (Å²) in [7, 11) is 0. The molecule has 0 saturated carbocycles.